The van der Waals surface area contributed by atoms with Gasteiger partial charge in [-0.15, -0.1) is 0 Å². The number of likely N-dealkylation sites (tertiary alicyclic amines) is 2. The molecule has 1 aromatic carbocycles. The van der Waals surface area contributed by atoms with Crippen LogP contribution < -0.4 is 0 Å². The van der Waals surface area contributed by atoms with Crippen LogP contribution in [0.1, 0.15) is 35.2 Å². The molecule has 1 aromatic heterocycles. The van der Waals surface area contributed by atoms with Crippen molar-refractivity contribution < 1.29 is 9.18 Å². The number of halogens is 1. The second kappa shape index (κ2) is 7.16. The van der Waals surface area contributed by atoms with E-state index in [4.69, 9.17) is 0 Å². The number of nitrogens with zero attached hydrogens (tertiary/aromatic N) is 3. The van der Waals surface area contributed by atoms with Crippen molar-refractivity contribution in [2.45, 2.75) is 25.8 Å². The average Bonchev–Trinajstić information content (AvgIpc) is 3.05. The summed E-state index contributed by atoms with van der Waals surface area (Å²) in [5, 5.41) is 0. The lowest BCUT2D eigenvalue weighted by Gasteiger charge is -2.40. The van der Waals surface area contributed by atoms with Gasteiger partial charge >= 0.3 is 0 Å². The fraction of sp³-hybridized carbons (Fsp3) is 0.429. The third-order valence-electron chi connectivity index (χ3n) is 5.69. The Morgan fingerprint density at radius 1 is 1.12 bits per heavy atom. The third kappa shape index (κ3) is 3.63. The minimum absolute atomic E-state index is 0.0918. The van der Waals surface area contributed by atoms with Crippen LogP contribution >= 0.6 is 0 Å². The van der Waals surface area contributed by atoms with E-state index < -0.39 is 0 Å². The van der Waals surface area contributed by atoms with E-state index in [0.717, 1.165) is 51.1 Å². The van der Waals surface area contributed by atoms with Gasteiger partial charge in [0, 0.05) is 44.0 Å². The fourth-order valence-corrected chi connectivity index (χ4v) is 4.40. The minimum Gasteiger partial charge on any atom is -0.338 e. The molecule has 1 unspecified atom stereocenters. The van der Waals surface area contributed by atoms with Crippen LogP contribution in [0, 0.1) is 11.2 Å². The van der Waals surface area contributed by atoms with E-state index in [0.29, 0.717) is 5.56 Å². The number of carbonyl (C=O) groups is 1. The molecule has 0 saturated carbocycles. The number of piperidine rings is 1. The Balaban J connectivity index is 1.41. The average molecular weight is 353 g/mol. The van der Waals surface area contributed by atoms with E-state index in [2.05, 4.69) is 9.88 Å². The number of pyridine rings is 1. The predicted octanol–water partition coefficient (Wildman–Crippen LogP) is 3.35. The van der Waals surface area contributed by atoms with Crippen molar-refractivity contribution in [1.82, 2.24) is 14.8 Å². The maximum absolute atomic E-state index is 13.1. The molecule has 2 aliphatic heterocycles. The van der Waals surface area contributed by atoms with Gasteiger partial charge < -0.3 is 4.90 Å². The summed E-state index contributed by atoms with van der Waals surface area (Å²) in [4.78, 5) is 21.3. The molecule has 26 heavy (non-hydrogen) atoms. The van der Waals surface area contributed by atoms with Crippen molar-refractivity contribution in [1.29, 1.82) is 0 Å². The first-order valence-corrected chi connectivity index (χ1v) is 9.30. The molecular weight excluding hydrogens is 329 g/mol. The zero-order valence-electron chi connectivity index (χ0n) is 14.9. The van der Waals surface area contributed by atoms with Crippen LogP contribution in [0.15, 0.2) is 48.8 Å². The molecule has 1 atom stereocenters. The molecule has 3 heterocycles. The first-order valence-electron chi connectivity index (χ1n) is 9.30. The van der Waals surface area contributed by atoms with E-state index in [-0.39, 0.29) is 17.1 Å². The van der Waals surface area contributed by atoms with Gasteiger partial charge in [0.2, 0.25) is 0 Å². The van der Waals surface area contributed by atoms with Crippen LogP contribution in [0.2, 0.25) is 0 Å². The lowest BCUT2D eigenvalue weighted by atomic mass is 9.79. The second-order valence-electron chi connectivity index (χ2n) is 7.66. The Kier molecular flexibility index (Phi) is 4.72. The van der Waals surface area contributed by atoms with Gasteiger partial charge in [-0.05, 0) is 55.6 Å². The van der Waals surface area contributed by atoms with Crippen LogP contribution in [-0.4, -0.2) is 46.9 Å². The number of hydrogen-bond acceptors (Lipinski definition) is 3. The minimum atomic E-state index is -0.191. The monoisotopic (exact) mass is 353 g/mol. The summed E-state index contributed by atoms with van der Waals surface area (Å²) < 4.78 is 13.1. The van der Waals surface area contributed by atoms with Gasteiger partial charge in [-0.3, -0.25) is 14.7 Å². The first kappa shape index (κ1) is 17.2. The summed E-state index contributed by atoms with van der Waals surface area (Å²) in [6.07, 6.45) is 6.68. The molecule has 0 radical (unpaired) electrons. The Morgan fingerprint density at radius 3 is 2.73 bits per heavy atom. The number of aromatic nitrogens is 1. The van der Waals surface area contributed by atoms with Crippen LogP contribution in [0.25, 0.3) is 0 Å². The van der Waals surface area contributed by atoms with Crippen LogP contribution in [0.4, 0.5) is 4.39 Å². The fourth-order valence-electron chi connectivity index (χ4n) is 4.40. The van der Waals surface area contributed by atoms with Crippen molar-refractivity contribution in [3.8, 4) is 0 Å². The summed E-state index contributed by atoms with van der Waals surface area (Å²) in [7, 11) is 0. The summed E-state index contributed by atoms with van der Waals surface area (Å²) in [6, 6.07) is 10.4. The van der Waals surface area contributed by atoms with Crippen LogP contribution in [0.5, 0.6) is 0 Å². The van der Waals surface area contributed by atoms with E-state index in [1.807, 2.05) is 29.2 Å². The highest BCUT2D eigenvalue weighted by Gasteiger charge is 2.42. The molecular formula is C21H24FN3O. The highest BCUT2D eigenvalue weighted by molar-refractivity contribution is 5.94. The van der Waals surface area contributed by atoms with E-state index in [1.54, 1.807) is 12.4 Å². The normalized spacial score (nSPS) is 23.5. The molecule has 2 aromatic rings. The molecule has 0 aliphatic carbocycles. The quantitative estimate of drug-likeness (QED) is 0.849. The van der Waals surface area contributed by atoms with Crippen molar-refractivity contribution in [3.05, 3.63) is 65.7 Å². The maximum atomic E-state index is 13.1. The number of hydrogen-bond donors (Lipinski definition) is 0. The van der Waals surface area contributed by atoms with Gasteiger partial charge in [0.15, 0.2) is 0 Å². The van der Waals surface area contributed by atoms with Gasteiger partial charge in [-0.2, -0.15) is 0 Å². The molecule has 1 amide bonds. The van der Waals surface area contributed by atoms with Gasteiger partial charge in [0.1, 0.15) is 5.82 Å². The number of carbonyl (C=O) groups excluding carboxylic acids is 1. The lowest BCUT2D eigenvalue weighted by Crippen LogP contribution is -2.47. The number of amides is 1. The van der Waals surface area contributed by atoms with Gasteiger partial charge in [0.25, 0.3) is 5.91 Å². The Labute approximate surface area is 153 Å². The predicted molar refractivity (Wildman–Crippen MR) is 98.1 cm³/mol. The van der Waals surface area contributed by atoms with E-state index in [9.17, 15) is 9.18 Å². The molecule has 4 nitrogen and oxygen atoms in total. The SMILES string of the molecule is O=C(c1cccnc1)N1CCCC2(CCN(Cc3ccc(F)cc3)C2)C1. The Hall–Kier alpha value is -2.27. The molecule has 1 spiro atoms. The molecule has 2 fully saturated rings. The smallest absolute Gasteiger partial charge is 0.255 e. The van der Waals surface area contributed by atoms with E-state index in [1.165, 1.54) is 18.6 Å². The van der Waals surface area contributed by atoms with Crippen molar-refractivity contribution in [2.75, 3.05) is 26.2 Å². The summed E-state index contributed by atoms with van der Waals surface area (Å²) in [5.41, 5.74) is 2.00. The highest BCUT2D eigenvalue weighted by atomic mass is 19.1. The summed E-state index contributed by atoms with van der Waals surface area (Å²) in [5.74, 6) is -0.0994. The highest BCUT2D eigenvalue weighted by Crippen LogP contribution is 2.39. The molecule has 0 N–H and O–H groups in total. The van der Waals surface area contributed by atoms with Gasteiger partial charge in [-0.25, -0.2) is 4.39 Å². The summed E-state index contributed by atoms with van der Waals surface area (Å²) in [6.45, 7) is 4.53. The number of rotatable bonds is 3. The van der Waals surface area contributed by atoms with Gasteiger partial charge in [0.05, 0.1) is 5.56 Å². The van der Waals surface area contributed by atoms with E-state index >= 15 is 0 Å². The van der Waals surface area contributed by atoms with Crippen LogP contribution in [0.3, 0.4) is 0 Å². The zero-order valence-corrected chi connectivity index (χ0v) is 14.9. The zero-order chi connectivity index (χ0) is 18.0. The largest absolute Gasteiger partial charge is 0.338 e. The Morgan fingerprint density at radius 2 is 1.96 bits per heavy atom. The standard InChI is InChI=1S/C21H24FN3O/c22-19-6-4-17(5-7-19)14-24-12-9-21(15-24)8-2-11-25(16-21)20(26)18-3-1-10-23-13-18/h1,3-7,10,13H,2,8-9,11-12,14-16H2. The molecule has 4 rings (SSSR count). The maximum Gasteiger partial charge on any atom is 0.255 e. The Bertz CT molecular complexity index is 765. The number of benzene rings is 1. The van der Waals surface area contributed by atoms with Gasteiger partial charge in [-0.1, -0.05) is 12.1 Å². The molecule has 136 valence electrons. The molecule has 5 heteroatoms. The molecule has 2 saturated heterocycles. The molecule has 2 aliphatic rings. The van der Waals surface area contributed by atoms with Crippen molar-refractivity contribution in [2.24, 2.45) is 5.41 Å². The first-order chi connectivity index (χ1) is 12.6. The summed E-state index contributed by atoms with van der Waals surface area (Å²) >= 11 is 0. The van der Waals surface area contributed by atoms with Crippen LogP contribution in [-0.2, 0) is 6.54 Å². The van der Waals surface area contributed by atoms with Crippen molar-refractivity contribution in [3.63, 3.8) is 0 Å². The molecule has 0 bridgehead atoms. The topological polar surface area (TPSA) is 36.4 Å². The second-order valence-corrected chi connectivity index (χ2v) is 7.66. The lowest BCUT2D eigenvalue weighted by molar-refractivity contribution is 0.0526. The van der Waals surface area contributed by atoms with Crippen molar-refractivity contribution >= 4 is 5.91 Å². The third-order valence-corrected chi connectivity index (χ3v) is 5.69.